The molecule has 3 rings (SSSR count). The first-order valence-corrected chi connectivity index (χ1v) is 16.1. The van der Waals surface area contributed by atoms with Gasteiger partial charge in [-0.25, -0.2) is 0 Å². The summed E-state index contributed by atoms with van der Waals surface area (Å²) in [7, 11) is -1.99. The van der Waals surface area contributed by atoms with E-state index >= 15 is 0 Å². The maximum absolute atomic E-state index is 13.1. The number of amides is 2. The molecule has 0 bridgehead atoms. The van der Waals surface area contributed by atoms with Crippen molar-refractivity contribution in [1.82, 2.24) is 10.2 Å². The molecule has 0 radical (unpaired) electrons. The SMILES string of the molecule is COC(=O)CCNC(=O)C1SC(=NC(=O)c2ccc(C(N)=NCCCC(=O)O)cc2)N(C2CCCC2)C1C.COS(=O)(=O)O. The van der Waals surface area contributed by atoms with E-state index in [1.807, 2.05) is 6.92 Å². The van der Waals surface area contributed by atoms with Gasteiger partial charge in [-0.15, -0.1) is 0 Å². The van der Waals surface area contributed by atoms with Crippen LogP contribution in [0.5, 0.6) is 0 Å². The fourth-order valence-corrected chi connectivity index (χ4v) is 5.89. The molecule has 2 atom stereocenters. The van der Waals surface area contributed by atoms with Gasteiger partial charge < -0.3 is 25.8 Å². The largest absolute Gasteiger partial charge is 0.481 e. The number of ether oxygens (including phenoxy) is 1. The van der Waals surface area contributed by atoms with E-state index < -0.39 is 33.5 Å². The van der Waals surface area contributed by atoms with Gasteiger partial charge in [0.15, 0.2) is 5.17 Å². The topological polar surface area (TPSA) is 227 Å². The number of esters is 1. The molecule has 244 valence electrons. The van der Waals surface area contributed by atoms with Crippen molar-refractivity contribution in [2.24, 2.45) is 15.7 Å². The minimum Gasteiger partial charge on any atom is -0.481 e. The predicted molar refractivity (Wildman–Crippen MR) is 164 cm³/mol. The molecule has 0 spiro atoms. The van der Waals surface area contributed by atoms with E-state index in [1.54, 1.807) is 24.3 Å². The van der Waals surface area contributed by atoms with E-state index in [-0.39, 0.29) is 43.2 Å². The summed E-state index contributed by atoms with van der Waals surface area (Å²) in [5.74, 6) is -1.62. The van der Waals surface area contributed by atoms with Crippen LogP contribution < -0.4 is 11.1 Å². The number of carboxylic acids is 1. The van der Waals surface area contributed by atoms with Crippen molar-refractivity contribution in [1.29, 1.82) is 0 Å². The number of carboxylic acid groups (broad SMARTS) is 1. The van der Waals surface area contributed by atoms with Crippen LogP contribution in [0.25, 0.3) is 0 Å². The Bertz CT molecular complexity index is 1330. The zero-order valence-corrected chi connectivity index (χ0v) is 26.4. The number of carbonyl (C=O) groups is 4. The number of aliphatic imine (C=N–C) groups is 2. The van der Waals surface area contributed by atoms with Gasteiger partial charge in [0.05, 0.1) is 20.6 Å². The molecule has 1 saturated carbocycles. The average Bonchev–Trinajstić information content (AvgIpc) is 3.62. The second kappa shape index (κ2) is 17.7. The molecule has 17 heteroatoms. The first kappa shape index (κ1) is 36.7. The van der Waals surface area contributed by atoms with Crippen LogP contribution in [0.1, 0.15) is 67.8 Å². The molecule has 1 heterocycles. The Labute approximate surface area is 260 Å². The van der Waals surface area contributed by atoms with Crippen molar-refractivity contribution in [2.45, 2.75) is 69.2 Å². The summed E-state index contributed by atoms with van der Waals surface area (Å²) in [5, 5.41) is 11.6. The van der Waals surface area contributed by atoms with Gasteiger partial charge in [-0.3, -0.25) is 32.9 Å². The zero-order valence-electron chi connectivity index (χ0n) is 24.8. The number of rotatable bonds is 12. The lowest BCUT2D eigenvalue weighted by Crippen LogP contribution is -2.46. The third-order valence-corrected chi connectivity index (χ3v) is 8.63. The quantitative estimate of drug-likeness (QED) is 0.0825. The molecule has 2 aliphatic rings. The lowest BCUT2D eigenvalue weighted by Gasteiger charge is -2.31. The lowest BCUT2D eigenvalue weighted by molar-refractivity contribution is -0.140. The monoisotopic (exact) mass is 657 g/mol. The maximum atomic E-state index is 13.1. The van der Waals surface area contributed by atoms with Crippen LogP contribution in [0.3, 0.4) is 0 Å². The van der Waals surface area contributed by atoms with Crippen molar-refractivity contribution in [2.75, 3.05) is 27.3 Å². The highest BCUT2D eigenvalue weighted by atomic mass is 32.3. The fourth-order valence-electron chi connectivity index (χ4n) is 4.57. The summed E-state index contributed by atoms with van der Waals surface area (Å²) < 4.78 is 34.3. The number of nitrogens with two attached hydrogens (primary N) is 1. The summed E-state index contributed by atoms with van der Waals surface area (Å²) in [6.45, 7) is 2.45. The fraction of sp³-hybridized carbons (Fsp3) is 0.556. The molecular formula is C27H39N5O10S2. The van der Waals surface area contributed by atoms with E-state index in [1.165, 1.54) is 18.9 Å². The lowest BCUT2D eigenvalue weighted by atomic mass is 10.1. The number of aliphatic carboxylic acids is 1. The van der Waals surface area contributed by atoms with Gasteiger partial charge in [0.25, 0.3) is 5.91 Å². The molecule has 2 unspecified atom stereocenters. The molecule has 5 N–H and O–H groups in total. The van der Waals surface area contributed by atoms with Gasteiger partial charge in [0, 0.05) is 42.7 Å². The van der Waals surface area contributed by atoms with Gasteiger partial charge in [-0.2, -0.15) is 13.4 Å². The third kappa shape index (κ3) is 11.9. The Morgan fingerprint density at radius 3 is 2.23 bits per heavy atom. The number of hydrogen-bond donors (Lipinski definition) is 4. The molecular weight excluding hydrogens is 618 g/mol. The van der Waals surface area contributed by atoms with Crippen LogP contribution in [0.4, 0.5) is 0 Å². The van der Waals surface area contributed by atoms with Crippen LogP contribution in [0, 0.1) is 0 Å². The smallest absolute Gasteiger partial charge is 0.397 e. The summed E-state index contributed by atoms with van der Waals surface area (Å²) in [5.41, 5.74) is 7.00. The summed E-state index contributed by atoms with van der Waals surface area (Å²) in [6.07, 6.45) is 4.65. The molecule has 44 heavy (non-hydrogen) atoms. The van der Waals surface area contributed by atoms with E-state index in [0.717, 1.165) is 32.8 Å². The number of carbonyl (C=O) groups excluding carboxylic acids is 3. The number of benzene rings is 1. The first-order valence-electron chi connectivity index (χ1n) is 13.8. The zero-order chi connectivity index (χ0) is 32.9. The Morgan fingerprint density at radius 2 is 1.68 bits per heavy atom. The molecule has 0 aromatic heterocycles. The first-order chi connectivity index (χ1) is 20.8. The van der Waals surface area contributed by atoms with Crippen molar-refractivity contribution in [3.8, 4) is 0 Å². The number of nitrogens with one attached hydrogen (secondary N) is 1. The third-order valence-electron chi connectivity index (χ3n) is 6.83. The Hall–Kier alpha value is -3.54. The van der Waals surface area contributed by atoms with Crippen LogP contribution in [-0.2, 0) is 33.7 Å². The molecule has 1 aliphatic heterocycles. The standard InChI is InChI=1S/C26H35N5O6S.CH4O4S/c1-16-22(25(36)29-15-13-21(34)37-2)38-26(31(16)19-6-3-4-7-19)30-24(35)18-11-9-17(10-12-18)23(27)28-14-5-8-20(32)33;1-5-6(2,3)4/h9-12,16,19,22H,3-8,13-15H2,1-2H3,(H2,27,28)(H,29,36)(H,32,33);1H3,(H,2,3,4). The molecule has 15 nitrogen and oxygen atoms in total. The Kier molecular flexibility index (Phi) is 14.7. The van der Waals surface area contributed by atoms with Gasteiger partial charge in [0.2, 0.25) is 5.91 Å². The number of amidine groups is 2. The molecule has 1 aromatic rings. The number of thioether (sulfide) groups is 1. The summed E-state index contributed by atoms with van der Waals surface area (Å²) >= 11 is 1.28. The van der Waals surface area contributed by atoms with E-state index in [2.05, 4.69) is 29.1 Å². The van der Waals surface area contributed by atoms with Crippen molar-refractivity contribution in [3.63, 3.8) is 0 Å². The van der Waals surface area contributed by atoms with Crippen molar-refractivity contribution >= 4 is 56.9 Å². The average molecular weight is 658 g/mol. The maximum Gasteiger partial charge on any atom is 0.397 e. The van der Waals surface area contributed by atoms with Crippen LogP contribution in [0.2, 0.25) is 0 Å². The van der Waals surface area contributed by atoms with Crippen LogP contribution in [0.15, 0.2) is 34.3 Å². The normalized spacial score (nSPS) is 19.8. The molecule has 1 aromatic carbocycles. The number of hydrogen-bond acceptors (Lipinski definition) is 10. The summed E-state index contributed by atoms with van der Waals surface area (Å²) in [6, 6.07) is 6.67. The highest BCUT2D eigenvalue weighted by Crippen LogP contribution is 2.38. The molecule has 1 saturated heterocycles. The minimum absolute atomic E-state index is 0.0229. The molecule has 1 aliphatic carbocycles. The highest BCUT2D eigenvalue weighted by molar-refractivity contribution is 8.15. The van der Waals surface area contributed by atoms with E-state index in [4.69, 9.17) is 15.4 Å². The van der Waals surface area contributed by atoms with Gasteiger partial charge in [-0.1, -0.05) is 36.7 Å². The Morgan fingerprint density at radius 1 is 1.09 bits per heavy atom. The highest BCUT2D eigenvalue weighted by Gasteiger charge is 2.44. The summed E-state index contributed by atoms with van der Waals surface area (Å²) in [4.78, 5) is 58.7. The van der Waals surface area contributed by atoms with Gasteiger partial charge >= 0.3 is 22.3 Å². The van der Waals surface area contributed by atoms with E-state index in [9.17, 15) is 27.6 Å². The molecule has 2 fully saturated rings. The predicted octanol–water partition coefficient (Wildman–Crippen LogP) is 1.62. The Balaban J connectivity index is 0.00000102. The van der Waals surface area contributed by atoms with Crippen molar-refractivity contribution < 1.29 is 46.2 Å². The number of nitrogens with zero attached hydrogens (tertiary/aromatic N) is 3. The molecule has 2 amide bonds. The number of methoxy groups -OCH3 is 1. The van der Waals surface area contributed by atoms with Gasteiger partial charge in [-0.05, 0) is 38.3 Å². The van der Waals surface area contributed by atoms with Crippen molar-refractivity contribution in [3.05, 3.63) is 35.4 Å². The van der Waals surface area contributed by atoms with Crippen LogP contribution >= 0.6 is 11.8 Å². The van der Waals surface area contributed by atoms with Crippen LogP contribution in [-0.4, -0.2) is 102 Å². The van der Waals surface area contributed by atoms with E-state index in [0.29, 0.717) is 29.3 Å². The van der Waals surface area contributed by atoms with Gasteiger partial charge in [0.1, 0.15) is 11.1 Å². The second-order valence-electron chi connectivity index (χ2n) is 9.88. The second-order valence-corrected chi connectivity index (χ2v) is 12.2. The minimum atomic E-state index is -4.16.